The number of carbonyl (C=O) groups is 1. The fourth-order valence-corrected chi connectivity index (χ4v) is 4.32. The molecule has 1 saturated carbocycles. The second kappa shape index (κ2) is 7.72. The standard InChI is InChI=1S/C25H20F2N6O/c1-14-23-20(33(31-14)13-17-3-2-4-19(29-17)15-5-6-15)8-7-18(27)24(23)30-25(34)21-12-28-22-11-16(26)9-10-32(21)22/h2-4,7-12,15H,5-6,13H2,1H3,(H,30,34). The van der Waals surface area contributed by atoms with Crippen LogP contribution in [0, 0.1) is 18.6 Å². The third kappa shape index (κ3) is 3.49. The van der Waals surface area contributed by atoms with Crippen LogP contribution in [0.2, 0.25) is 0 Å². The summed E-state index contributed by atoms with van der Waals surface area (Å²) in [6.45, 7) is 2.21. The molecule has 1 fully saturated rings. The fraction of sp³-hybridized carbons (Fsp3) is 0.200. The summed E-state index contributed by atoms with van der Waals surface area (Å²) < 4.78 is 31.6. The number of aromatic nitrogens is 5. The molecular weight excluding hydrogens is 438 g/mol. The molecule has 0 atom stereocenters. The van der Waals surface area contributed by atoms with Gasteiger partial charge in [0.25, 0.3) is 5.91 Å². The number of nitrogens with zero attached hydrogens (tertiary/aromatic N) is 5. The fourth-order valence-electron chi connectivity index (χ4n) is 4.32. The maximum absolute atomic E-state index is 14.9. The molecular formula is C25H20F2N6O. The Morgan fingerprint density at radius 2 is 2.03 bits per heavy atom. The normalized spacial score (nSPS) is 13.6. The van der Waals surface area contributed by atoms with Gasteiger partial charge in [0.05, 0.1) is 35.3 Å². The Hall–Kier alpha value is -4.14. The summed E-state index contributed by atoms with van der Waals surface area (Å²) >= 11 is 0. The number of aryl methyl sites for hydroxylation is 1. The van der Waals surface area contributed by atoms with E-state index < -0.39 is 17.5 Å². The van der Waals surface area contributed by atoms with Crippen molar-refractivity contribution in [1.82, 2.24) is 24.1 Å². The first-order valence-corrected chi connectivity index (χ1v) is 11.0. The number of anilines is 1. The van der Waals surface area contributed by atoms with Crippen molar-refractivity contribution in [2.75, 3.05) is 5.32 Å². The lowest BCUT2D eigenvalue weighted by Gasteiger charge is -2.09. The average Bonchev–Trinajstić information content (AvgIpc) is 3.52. The van der Waals surface area contributed by atoms with Gasteiger partial charge in [-0.05, 0) is 50.1 Å². The lowest BCUT2D eigenvalue weighted by molar-refractivity contribution is 0.102. The highest BCUT2D eigenvalue weighted by Gasteiger charge is 2.25. The van der Waals surface area contributed by atoms with Crippen molar-refractivity contribution in [3.63, 3.8) is 0 Å². The molecule has 34 heavy (non-hydrogen) atoms. The third-order valence-electron chi connectivity index (χ3n) is 6.13. The number of amides is 1. The lowest BCUT2D eigenvalue weighted by atomic mass is 10.1. The molecule has 170 valence electrons. The van der Waals surface area contributed by atoms with E-state index >= 15 is 0 Å². The van der Waals surface area contributed by atoms with E-state index in [2.05, 4.69) is 15.4 Å². The second-order valence-electron chi connectivity index (χ2n) is 8.56. The number of halogens is 2. The monoisotopic (exact) mass is 458 g/mol. The molecule has 0 saturated heterocycles. The van der Waals surface area contributed by atoms with E-state index in [4.69, 9.17) is 4.98 Å². The van der Waals surface area contributed by atoms with Gasteiger partial charge in [-0.1, -0.05) is 6.07 Å². The highest BCUT2D eigenvalue weighted by molar-refractivity contribution is 6.09. The topological polar surface area (TPSA) is 77.1 Å². The number of nitrogens with one attached hydrogen (secondary N) is 1. The molecule has 0 bridgehead atoms. The van der Waals surface area contributed by atoms with Crippen LogP contribution in [-0.4, -0.2) is 30.1 Å². The summed E-state index contributed by atoms with van der Waals surface area (Å²) in [5, 5.41) is 7.80. The van der Waals surface area contributed by atoms with Gasteiger partial charge in [-0.2, -0.15) is 5.10 Å². The first kappa shape index (κ1) is 20.5. The van der Waals surface area contributed by atoms with Gasteiger partial charge >= 0.3 is 0 Å². The molecule has 4 heterocycles. The summed E-state index contributed by atoms with van der Waals surface area (Å²) in [5.74, 6) is -1.04. The maximum atomic E-state index is 14.9. The van der Waals surface area contributed by atoms with Gasteiger partial charge in [0.2, 0.25) is 0 Å². The van der Waals surface area contributed by atoms with Crippen LogP contribution in [0.15, 0.2) is 54.9 Å². The molecule has 0 spiro atoms. The number of hydrogen-bond acceptors (Lipinski definition) is 4. The predicted octanol–water partition coefficient (Wildman–Crippen LogP) is 4.84. The highest BCUT2D eigenvalue weighted by atomic mass is 19.1. The van der Waals surface area contributed by atoms with Crippen molar-refractivity contribution in [3.05, 3.63) is 89.3 Å². The molecule has 1 aliphatic rings. The largest absolute Gasteiger partial charge is 0.317 e. The molecule has 0 aliphatic heterocycles. The minimum Gasteiger partial charge on any atom is -0.317 e. The summed E-state index contributed by atoms with van der Waals surface area (Å²) in [7, 11) is 0. The van der Waals surface area contributed by atoms with Gasteiger partial charge in [-0.25, -0.2) is 13.8 Å². The number of fused-ring (bicyclic) bond motifs is 2. The Balaban J connectivity index is 1.36. The van der Waals surface area contributed by atoms with Crippen LogP contribution in [-0.2, 0) is 6.54 Å². The Kier molecular flexibility index (Phi) is 4.65. The number of benzene rings is 1. The minimum atomic E-state index is -0.572. The van der Waals surface area contributed by atoms with E-state index in [0.29, 0.717) is 29.1 Å². The summed E-state index contributed by atoms with van der Waals surface area (Å²) in [4.78, 5) is 21.8. The van der Waals surface area contributed by atoms with E-state index in [-0.39, 0.29) is 17.0 Å². The Labute approximate surface area is 193 Å². The van der Waals surface area contributed by atoms with Gasteiger partial charge in [-0.15, -0.1) is 0 Å². The molecule has 4 aromatic heterocycles. The molecule has 0 radical (unpaired) electrons. The van der Waals surface area contributed by atoms with Crippen molar-refractivity contribution in [2.24, 2.45) is 0 Å². The van der Waals surface area contributed by atoms with E-state index in [1.807, 2.05) is 18.2 Å². The first-order valence-electron chi connectivity index (χ1n) is 11.0. The van der Waals surface area contributed by atoms with Crippen LogP contribution in [0.1, 0.15) is 46.3 Å². The van der Waals surface area contributed by atoms with Crippen molar-refractivity contribution in [2.45, 2.75) is 32.2 Å². The third-order valence-corrected chi connectivity index (χ3v) is 6.13. The van der Waals surface area contributed by atoms with Crippen molar-refractivity contribution < 1.29 is 13.6 Å². The molecule has 1 amide bonds. The number of hydrogen-bond donors (Lipinski definition) is 1. The van der Waals surface area contributed by atoms with Gasteiger partial charge in [0, 0.05) is 29.3 Å². The minimum absolute atomic E-state index is 0.0444. The Morgan fingerprint density at radius 1 is 1.18 bits per heavy atom. The summed E-state index contributed by atoms with van der Waals surface area (Å²) in [5.41, 5.74) is 3.74. The van der Waals surface area contributed by atoms with Gasteiger partial charge < -0.3 is 5.32 Å². The van der Waals surface area contributed by atoms with E-state index in [9.17, 15) is 13.6 Å². The van der Waals surface area contributed by atoms with Crippen LogP contribution in [0.3, 0.4) is 0 Å². The number of rotatable bonds is 5. The van der Waals surface area contributed by atoms with Crippen LogP contribution in [0.4, 0.5) is 14.5 Å². The van der Waals surface area contributed by atoms with E-state index in [1.54, 1.807) is 17.7 Å². The van der Waals surface area contributed by atoms with Crippen molar-refractivity contribution in [3.8, 4) is 0 Å². The number of imidazole rings is 1. The zero-order valence-corrected chi connectivity index (χ0v) is 18.3. The van der Waals surface area contributed by atoms with Crippen LogP contribution in [0.25, 0.3) is 16.6 Å². The second-order valence-corrected chi connectivity index (χ2v) is 8.56. The van der Waals surface area contributed by atoms with E-state index in [1.165, 1.54) is 47.8 Å². The summed E-state index contributed by atoms with van der Waals surface area (Å²) in [6.07, 6.45) is 5.08. The molecule has 1 aliphatic carbocycles. The Bertz CT molecular complexity index is 1580. The zero-order chi connectivity index (χ0) is 23.4. The molecule has 1 aromatic carbocycles. The molecule has 1 N–H and O–H groups in total. The first-order chi connectivity index (χ1) is 16.5. The lowest BCUT2D eigenvalue weighted by Crippen LogP contribution is -2.15. The molecule has 7 nitrogen and oxygen atoms in total. The number of pyridine rings is 2. The maximum Gasteiger partial charge on any atom is 0.274 e. The quantitative estimate of drug-likeness (QED) is 0.409. The van der Waals surface area contributed by atoms with Crippen molar-refractivity contribution >= 4 is 28.1 Å². The van der Waals surface area contributed by atoms with Crippen LogP contribution >= 0.6 is 0 Å². The average molecular weight is 458 g/mol. The number of carbonyl (C=O) groups excluding carboxylic acids is 1. The molecule has 0 unspecified atom stereocenters. The van der Waals surface area contributed by atoms with Gasteiger partial charge in [0.15, 0.2) is 0 Å². The zero-order valence-electron chi connectivity index (χ0n) is 18.3. The van der Waals surface area contributed by atoms with Crippen molar-refractivity contribution in [1.29, 1.82) is 0 Å². The van der Waals surface area contributed by atoms with Crippen LogP contribution in [0.5, 0.6) is 0 Å². The van der Waals surface area contributed by atoms with E-state index in [0.717, 1.165) is 11.4 Å². The Morgan fingerprint density at radius 3 is 2.85 bits per heavy atom. The molecule has 5 aromatic rings. The van der Waals surface area contributed by atoms with Crippen LogP contribution < -0.4 is 5.32 Å². The molecule has 6 rings (SSSR count). The molecule has 9 heteroatoms. The predicted molar refractivity (Wildman–Crippen MR) is 123 cm³/mol. The van der Waals surface area contributed by atoms with Gasteiger partial charge in [-0.3, -0.25) is 18.9 Å². The highest BCUT2D eigenvalue weighted by Crippen LogP contribution is 2.39. The van der Waals surface area contributed by atoms with Gasteiger partial charge in [0.1, 0.15) is 23.0 Å². The summed E-state index contributed by atoms with van der Waals surface area (Å²) in [6, 6.07) is 11.4. The smallest absolute Gasteiger partial charge is 0.274 e. The SMILES string of the molecule is Cc1nn(Cc2cccc(C3CC3)n2)c2ccc(F)c(NC(=O)c3cnc4cc(F)ccn34)c12.